The second-order valence-corrected chi connectivity index (χ2v) is 12.8. The van der Waals surface area contributed by atoms with Gasteiger partial charge in [0.2, 0.25) is 0 Å². The molecule has 1 amide bonds. The lowest BCUT2D eigenvalue weighted by Gasteiger charge is -2.21. The first-order chi connectivity index (χ1) is 20.0. The van der Waals surface area contributed by atoms with Gasteiger partial charge in [0, 0.05) is 16.1 Å². The summed E-state index contributed by atoms with van der Waals surface area (Å²) in [5, 5.41) is 25.3. The number of pyridine rings is 1. The Hall–Kier alpha value is -3.45. The van der Waals surface area contributed by atoms with E-state index in [1.807, 2.05) is 30.3 Å². The van der Waals surface area contributed by atoms with Gasteiger partial charge in [-0.05, 0) is 83.2 Å². The SMILES string of the molecule is CC(C)(C)c1ccc(Oc2ccc3cc(C(=O)N[C@@H](Cc4ccc(Cl)cc4)C(O)O)nc(CC4CCCC4)c3c2)cc1. The molecule has 220 valence electrons. The van der Waals surface area contributed by atoms with Crippen molar-refractivity contribution in [2.24, 2.45) is 5.92 Å². The average Bonchev–Trinajstić information content (AvgIpc) is 3.47. The van der Waals surface area contributed by atoms with Crippen LogP contribution in [0.1, 0.15) is 73.8 Å². The van der Waals surface area contributed by atoms with Crippen molar-refractivity contribution in [1.82, 2.24) is 10.3 Å². The van der Waals surface area contributed by atoms with Crippen LogP contribution in [0.5, 0.6) is 11.5 Å². The number of halogens is 1. The third-order valence-corrected chi connectivity index (χ3v) is 8.33. The first kappa shape index (κ1) is 30.0. The Morgan fingerprint density at radius 2 is 1.64 bits per heavy atom. The van der Waals surface area contributed by atoms with E-state index in [0.29, 0.717) is 16.7 Å². The molecule has 1 atom stereocenters. The van der Waals surface area contributed by atoms with Crippen LogP contribution >= 0.6 is 11.6 Å². The number of nitrogens with one attached hydrogen (secondary N) is 1. The highest BCUT2D eigenvalue weighted by Crippen LogP contribution is 2.33. The highest BCUT2D eigenvalue weighted by Gasteiger charge is 2.24. The molecule has 4 aromatic rings. The lowest BCUT2D eigenvalue weighted by Crippen LogP contribution is -2.45. The Labute approximate surface area is 252 Å². The molecule has 42 heavy (non-hydrogen) atoms. The minimum Gasteiger partial charge on any atom is -0.457 e. The molecule has 0 spiro atoms. The summed E-state index contributed by atoms with van der Waals surface area (Å²) in [5.41, 5.74) is 3.25. The number of aliphatic hydroxyl groups is 2. The van der Waals surface area contributed by atoms with E-state index in [-0.39, 0.29) is 17.5 Å². The smallest absolute Gasteiger partial charge is 0.270 e. The van der Waals surface area contributed by atoms with E-state index >= 15 is 0 Å². The maximum Gasteiger partial charge on any atom is 0.270 e. The van der Waals surface area contributed by atoms with E-state index in [1.165, 1.54) is 18.4 Å². The number of carbonyl (C=O) groups excluding carboxylic acids is 1. The van der Waals surface area contributed by atoms with Crippen LogP contribution in [0.25, 0.3) is 10.8 Å². The van der Waals surface area contributed by atoms with Crippen LogP contribution < -0.4 is 10.1 Å². The number of aromatic nitrogens is 1. The summed E-state index contributed by atoms with van der Waals surface area (Å²) in [6.45, 7) is 6.56. The molecule has 6 nitrogen and oxygen atoms in total. The second-order valence-electron chi connectivity index (χ2n) is 12.4. The second kappa shape index (κ2) is 12.8. The number of fused-ring (bicyclic) bond motifs is 1. The zero-order valence-corrected chi connectivity index (χ0v) is 25.2. The van der Waals surface area contributed by atoms with Crippen molar-refractivity contribution in [3.05, 3.63) is 100 Å². The monoisotopic (exact) mass is 586 g/mol. The first-order valence-electron chi connectivity index (χ1n) is 14.7. The third-order valence-electron chi connectivity index (χ3n) is 8.07. The van der Waals surface area contributed by atoms with E-state index in [0.717, 1.165) is 47.0 Å². The molecule has 1 fully saturated rings. The highest BCUT2D eigenvalue weighted by atomic mass is 35.5. The zero-order valence-electron chi connectivity index (χ0n) is 24.4. The van der Waals surface area contributed by atoms with Gasteiger partial charge in [-0.15, -0.1) is 0 Å². The lowest BCUT2D eigenvalue weighted by molar-refractivity contribution is -0.0647. The molecule has 1 heterocycles. The van der Waals surface area contributed by atoms with Crippen LogP contribution in [0.4, 0.5) is 0 Å². The maximum atomic E-state index is 13.4. The van der Waals surface area contributed by atoms with Crippen LogP contribution in [-0.4, -0.2) is 33.4 Å². The average molecular weight is 587 g/mol. The fourth-order valence-electron chi connectivity index (χ4n) is 5.63. The Bertz CT molecular complexity index is 1520. The molecule has 1 aromatic heterocycles. The number of benzene rings is 3. The van der Waals surface area contributed by atoms with E-state index in [2.05, 4.69) is 38.2 Å². The minimum atomic E-state index is -1.74. The van der Waals surface area contributed by atoms with Gasteiger partial charge in [0.05, 0.1) is 6.04 Å². The number of rotatable bonds is 9. The van der Waals surface area contributed by atoms with E-state index in [4.69, 9.17) is 21.3 Å². The third kappa shape index (κ3) is 7.49. The fraction of sp³-hybridized carbons (Fsp3) is 0.371. The van der Waals surface area contributed by atoms with Crippen molar-refractivity contribution >= 4 is 28.3 Å². The standard InChI is InChI=1S/C35H39ClN2O4/c1-35(2,3)25-11-16-27(17-12-25)42-28-15-10-24-20-31(37-30(29(24)21-28)18-22-6-4-5-7-22)33(39)38-32(34(40)41)19-23-8-13-26(36)14-9-23/h8-17,20-22,32,34,40-41H,4-7,18-19H2,1-3H3,(H,38,39)/t32-/m0/s1. The quantitative estimate of drug-likeness (QED) is 0.178. The summed E-state index contributed by atoms with van der Waals surface area (Å²) in [5.74, 6) is 1.54. The van der Waals surface area contributed by atoms with Gasteiger partial charge >= 0.3 is 0 Å². The summed E-state index contributed by atoms with van der Waals surface area (Å²) in [4.78, 5) is 18.2. The molecular formula is C35H39ClN2O4. The van der Waals surface area contributed by atoms with Crippen molar-refractivity contribution in [1.29, 1.82) is 0 Å². The van der Waals surface area contributed by atoms with E-state index in [1.54, 1.807) is 30.3 Å². The predicted octanol–water partition coefficient (Wildman–Crippen LogP) is 7.36. The normalized spacial score (nSPS) is 14.8. The molecule has 0 aliphatic heterocycles. The number of hydrogen-bond acceptors (Lipinski definition) is 5. The van der Waals surface area contributed by atoms with Crippen molar-refractivity contribution in [2.75, 3.05) is 0 Å². The van der Waals surface area contributed by atoms with Gasteiger partial charge < -0.3 is 20.3 Å². The zero-order chi connectivity index (χ0) is 29.9. The Morgan fingerprint density at radius 1 is 0.976 bits per heavy atom. The predicted molar refractivity (Wildman–Crippen MR) is 167 cm³/mol. The van der Waals surface area contributed by atoms with Crippen LogP contribution in [-0.2, 0) is 18.3 Å². The Morgan fingerprint density at radius 3 is 2.29 bits per heavy atom. The van der Waals surface area contributed by atoms with Crippen LogP contribution in [0.3, 0.4) is 0 Å². The minimum absolute atomic E-state index is 0.0669. The number of amides is 1. The molecule has 1 aliphatic carbocycles. The number of carbonyl (C=O) groups is 1. The molecular weight excluding hydrogens is 548 g/mol. The molecule has 0 unspecified atom stereocenters. The summed E-state index contributed by atoms with van der Waals surface area (Å²) < 4.78 is 6.23. The van der Waals surface area contributed by atoms with Crippen molar-refractivity contribution in [2.45, 2.75) is 77.0 Å². The Kier molecular flexibility index (Phi) is 9.16. The lowest BCUT2D eigenvalue weighted by atomic mass is 9.87. The first-order valence-corrected chi connectivity index (χ1v) is 15.1. The molecule has 1 saturated carbocycles. The fourth-order valence-corrected chi connectivity index (χ4v) is 5.75. The molecule has 3 N–H and O–H groups in total. The van der Waals surface area contributed by atoms with Crippen LogP contribution in [0.15, 0.2) is 72.8 Å². The van der Waals surface area contributed by atoms with Crippen molar-refractivity contribution in [3.63, 3.8) is 0 Å². The summed E-state index contributed by atoms with van der Waals surface area (Å²) >= 11 is 5.98. The largest absolute Gasteiger partial charge is 0.457 e. The van der Waals surface area contributed by atoms with Crippen LogP contribution in [0, 0.1) is 5.92 Å². The highest BCUT2D eigenvalue weighted by molar-refractivity contribution is 6.30. The molecule has 0 saturated heterocycles. The number of hydrogen-bond donors (Lipinski definition) is 3. The van der Waals surface area contributed by atoms with Gasteiger partial charge in [0.25, 0.3) is 5.91 Å². The summed E-state index contributed by atoms with van der Waals surface area (Å²) in [6.07, 6.45) is 4.00. The molecule has 0 bridgehead atoms. The van der Waals surface area contributed by atoms with Gasteiger partial charge in [-0.2, -0.15) is 0 Å². The molecule has 3 aromatic carbocycles. The number of nitrogens with zero attached hydrogens (tertiary/aromatic N) is 1. The van der Waals surface area contributed by atoms with Gasteiger partial charge in [-0.3, -0.25) is 4.79 Å². The van der Waals surface area contributed by atoms with Gasteiger partial charge in [0.15, 0.2) is 6.29 Å². The molecule has 7 heteroatoms. The molecule has 1 aliphatic rings. The molecule has 0 radical (unpaired) electrons. The van der Waals surface area contributed by atoms with Gasteiger partial charge in [-0.1, -0.05) is 88.4 Å². The summed E-state index contributed by atoms with van der Waals surface area (Å²) in [7, 11) is 0. The van der Waals surface area contributed by atoms with Gasteiger partial charge in [-0.25, -0.2) is 4.98 Å². The Balaban J connectivity index is 1.41. The summed E-state index contributed by atoms with van der Waals surface area (Å²) in [6, 6.07) is 22.0. The van der Waals surface area contributed by atoms with Crippen molar-refractivity contribution in [3.8, 4) is 11.5 Å². The molecule has 5 rings (SSSR count). The number of aliphatic hydroxyl groups excluding tert-OH is 1. The topological polar surface area (TPSA) is 91.7 Å². The van der Waals surface area contributed by atoms with Crippen molar-refractivity contribution < 1.29 is 19.7 Å². The van der Waals surface area contributed by atoms with E-state index in [9.17, 15) is 15.0 Å². The maximum absolute atomic E-state index is 13.4. The van der Waals surface area contributed by atoms with Gasteiger partial charge in [0.1, 0.15) is 17.2 Å². The van der Waals surface area contributed by atoms with Crippen LogP contribution in [0.2, 0.25) is 5.02 Å². The van der Waals surface area contributed by atoms with E-state index < -0.39 is 18.2 Å². The number of ether oxygens (including phenoxy) is 1.